The van der Waals surface area contributed by atoms with Crippen molar-refractivity contribution >= 4 is 23.7 Å². The van der Waals surface area contributed by atoms with Crippen LogP contribution in [0.5, 0.6) is 0 Å². The molecule has 142 valence electrons. The Morgan fingerprint density at radius 2 is 2.15 bits per heavy atom. The number of carbonyl (C=O) groups excluding carboxylic acids is 2. The van der Waals surface area contributed by atoms with Crippen LogP contribution in [0.25, 0.3) is 0 Å². The van der Waals surface area contributed by atoms with Crippen molar-refractivity contribution in [1.29, 1.82) is 0 Å². The Hall–Kier alpha value is -2.64. The first-order valence-corrected chi connectivity index (χ1v) is 8.71. The largest absolute Gasteiger partial charge is 0.469 e. The number of nitrogens with zero attached hydrogens (tertiary/aromatic N) is 3. The van der Waals surface area contributed by atoms with Gasteiger partial charge in [0.2, 0.25) is 5.91 Å². The zero-order chi connectivity index (χ0) is 19.1. The van der Waals surface area contributed by atoms with E-state index in [9.17, 15) is 9.59 Å². The number of carbonyl (C=O) groups is 2. The van der Waals surface area contributed by atoms with Gasteiger partial charge in [-0.05, 0) is 25.0 Å². The Morgan fingerprint density at radius 1 is 1.38 bits per heavy atom. The number of pyridine rings is 1. The fourth-order valence-corrected chi connectivity index (χ4v) is 3.04. The molecule has 2 atom stereocenters. The molecule has 8 nitrogen and oxygen atoms in total. The molecule has 0 bridgehead atoms. The van der Waals surface area contributed by atoms with Crippen molar-refractivity contribution in [2.45, 2.75) is 20.3 Å². The Morgan fingerprint density at radius 3 is 2.81 bits per heavy atom. The highest BCUT2D eigenvalue weighted by Gasteiger charge is 2.36. The lowest BCUT2D eigenvalue weighted by atomic mass is 9.99. The van der Waals surface area contributed by atoms with Gasteiger partial charge in [0.05, 0.1) is 13.0 Å². The van der Waals surface area contributed by atoms with Crippen LogP contribution >= 0.6 is 0 Å². The third-order valence-electron chi connectivity index (χ3n) is 4.42. The third kappa shape index (κ3) is 5.18. The molecule has 1 aromatic heterocycles. The number of aliphatic imine (C=N–C) groups is 1. The summed E-state index contributed by atoms with van der Waals surface area (Å²) in [5.74, 6) is 0.957. The van der Waals surface area contributed by atoms with Crippen LogP contribution in [0.3, 0.4) is 0 Å². The number of anilines is 1. The highest BCUT2D eigenvalue weighted by atomic mass is 16.5. The van der Waals surface area contributed by atoms with E-state index in [-0.39, 0.29) is 23.7 Å². The topological polar surface area (TPSA) is 95.9 Å². The van der Waals surface area contributed by atoms with E-state index in [0.29, 0.717) is 31.3 Å². The van der Waals surface area contributed by atoms with Gasteiger partial charge in [-0.1, -0.05) is 13.0 Å². The number of esters is 1. The molecule has 1 aliphatic heterocycles. The number of likely N-dealkylation sites (tertiary alicyclic amines) is 1. The number of rotatable bonds is 5. The second-order valence-corrected chi connectivity index (χ2v) is 6.45. The van der Waals surface area contributed by atoms with E-state index >= 15 is 0 Å². The number of nitrogens with one attached hydrogen (secondary N) is 2. The molecule has 1 saturated heterocycles. The van der Waals surface area contributed by atoms with Crippen molar-refractivity contribution in [3.63, 3.8) is 0 Å². The molecule has 0 aromatic carbocycles. The predicted molar refractivity (Wildman–Crippen MR) is 99.8 cm³/mol. The molecular formula is C18H27N5O3. The predicted octanol–water partition coefficient (Wildman–Crippen LogP) is 1.03. The summed E-state index contributed by atoms with van der Waals surface area (Å²) in [6, 6.07) is 5.49. The first-order chi connectivity index (χ1) is 12.4. The minimum Gasteiger partial charge on any atom is -0.469 e. The number of hydrogen-bond acceptors (Lipinski definition) is 5. The van der Waals surface area contributed by atoms with Gasteiger partial charge in [-0.15, -0.1) is 0 Å². The van der Waals surface area contributed by atoms with Crippen LogP contribution in [0.2, 0.25) is 0 Å². The summed E-state index contributed by atoms with van der Waals surface area (Å²) in [6.45, 7) is 5.63. The van der Waals surface area contributed by atoms with E-state index in [1.807, 2.05) is 30.9 Å². The van der Waals surface area contributed by atoms with Crippen molar-refractivity contribution in [1.82, 2.24) is 15.2 Å². The van der Waals surface area contributed by atoms with Gasteiger partial charge in [0.1, 0.15) is 5.82 Å². The molecule has 1 amide bonds. The van der Waals surface area contributed by atoms with Crippen LogP contribution in [-0.2, 0) is 14.3 Å². The fourth-order valence-electron chi connectivity index (χ4n) is 3.04. The Kier molecular flexibility index (Phi) is 6.94. The maximum absolute atomic E-state index is 12.0. The van der Waals surface area contributed by atoms with Crippen LogP contribution in [-0.4, -0.2) is 61.5 Å². The minimum absolute atomic E-state index is 0.117. The Balaban J connectivity index is 1.80. The molecule has 2 rings (SSSR count). The summed E-state index contributed by atoms with van der Waals surface area (Å²) < 4.78 is 4.86. The minimum atomic E-state index is -0.194. The maximum atomic E-state index is 12.0. The summed E-state index contributed by atoms with van der Waals surface area (Å²) in [5, 5.41) is 5.96. The lowest BCUT2D eigenvalue weighted by Crippen LogP contribution is -2.41. The quantitative estimate of drug-likeness (QED) is 0.462. The number of aryl methyl sites for hydroxylation is 1. The molecule has 2 unspecified atom stereocenters. The molecule has 8 heteroatoms. The monoisotopic (exact) mass is 361 g/mol. The van der Waals surface area contributed by atoms with Crippen LogP contribution < -0.4 is 10.6 Å². The zero-order valence-corrected chi connectivity index (χ0v) is 15.8. The third-order valence-corrected chi connectivity index (χ3v) is 4.42. The highest BCUT2D eigenvalue weighted by Crippen LogP contribution is 2.24. The molecule has 0 spiro atoms. The van der Waals surface area contributed by atoms with E-state index in [2.05, 4.69) is 20.6 Å². The molecule has 26 heavy (non-hydrogen) atoms. The average molecular weight is 361 g/mol. The van der Waals surface area contributed by atoms with Crippen molar-refractivity contribution in [2.24, 2.45) is 16.8 Å². The summed E-state index contributed by atoms with van der Waals surface area (Å²) in [6.07, 6.45) is 0.290. The molecule has 1 fully saturated rings. The number of methoxy groups -OCH3 is 1. The Labute approximate surface area is 154 Å². The molecule has 0 saturated carbocycles. The average Bonchev–Trinajstić information content (AvgIpc) is 2.99. The maximum Gasteiger partial charge on any atom is 0.310 e. The van der Waals surface area contributed by atoms with Crippen molar-refractivity contribution < 1.29 is 14.3 Å². The second-order valence-electron chi connectivity index (χ2n) is 6.45. The van der Waals surface area contributed by atoms with Crippen LogP contribution in [0.4, 0.5) is 5.82 Å². The smallest absolute Gasteiger partial charge is 0.310 e. The zero-order valence-electron chi connectivity index (χ0n) is 15.8. The van der Waals surface area contributed by atoms with Gasteiger partial charge in [0.15, 0.2) is 5.96 Å². The first kappa shape index (κ1) is 19.7. The number of guanidine groups is 1. The van der Waals surface area contributed by atoms with E-state index in [4.69, 9.17) is 4.74 Å². The highest BCUT2D eigenvalue weighted by molar-refractivity contribution is 5.90. The van der Waals surface area contributed by atoms with Crippen molar-refractivity contribution in [2.75, 3.05) is 39.1 Å². The van der Waals surface area contributed by atoms with Gasteiger partial charge in [-0.25, -0.2) is 4.98 Å². The number of hydrogen-bond donors (Lipinski definition) is 2. The molecule has 0 radical (unpaired) electrons. The first-order valence-electron chi connectivity index (χ1n) is 8.71. The SMILES string of the molecule is CN=C(NCCC(=O)Nc1cccc(C)n1)N1CC(C)C(C(=O)OC)C1. The number of aromatic nitrogens is 1. The number of amides is 1. The molecule has 1 aromatic rings. The van der Waals surface area contributed by atoms with Crippen LogP contribution in [0.1, 0.15) is 19.0 Å². The summed E-state index contributed by atoms with van der Waals surface area (Å²) in [7, 11) is 3.10. The van der Waals surface area contributed by atoms with E-state index in [0.717, 1.165) is 12.2 Å². The summed E-state index contributed by atoms with van der Waals surface area (Å²) >= 11 is 0. The van der Waals surface area contributed by atoms with Crippen molar-refractivity contribution in [3.8, 4) is 0 Å². The normalized spacial score (nSPS) is 20.0. The molecular weight excluding hydrogens is 334 g/mol. The summed E-state index contributed by atoms with van der Waals surface area (Å²) in [4.78, 5) is 34.4. The Bertz CT molecular complexity index is 677. The standard InChI is InChI=1S/C18H27N5O3/c1-12-10-23(11-14(12)17(25)26-4)18(19-3)20-9-8-16(24)22-15-7-5-6-13(2)21-15/h5-7,12,14H,8-11H2,1-4H3,(H,19,20)(H,21,22,24). The van der Waals surface area contributed by atoms with Gasteiger partial charge >= 0.3 is 5.97 Å². The second kappa shape index (κ2) is 9.17. The van der Waals surface area contributed by atoms with Gasteiger partial charge in [0.25, 0.3) is 0 Å². The molecule has 2 N–H and O–H groups in total. The van der Waals surface area contributed by atoms with E-state index in [1.165, 1.54) is 7.11 Å². The van der Waals surface area contributed by atoms with Gasteiger partial charge in [0, 0.05) is 38.8 Å². The van der Waals surface area contributed by atoms with Crippen LogP contribution in [0, 0.1) is 18.8 Å². The lowest BCUT2D eigenvalue weighted by Gasteiger charge is -2.21. The molecule has 1 aliphatic rings. The van der Waals surface area contributed by atoms with Gasteiger partial charge in [-0.3, -0.25) is 14.6 Å². The van der Waals surface area contributed by atoms with E-state index < -0.39 is 0 Å². The summed E-state index contributed by atoms with van der Waals surface area (Å²) in [5.41, 5.74) is 0.852. The molecule has 0 aliphatic carbocycles. The van der Waals surface area contributed by atoms with Gasteiger partial charge < -0.3 is 20.3 Å². The molecule has 2 heterocycles. The lowest BCUT2D eigenvalue weighted by molar-refractivity contribution is -0.146. The van der Waals surface area contributed by atoms with Gasteiger partial charge in [-0.2, -0.15) is 0 Å². The fraction of sp³-hybridized carbons (Fsp3) is 0.556. The van der Waals surface area contributed by atoms with Crippen molar-refractivity contribution in [3.05, 3.63) is 23.9 Å². The van der Waals surface area contributed by atoms with Crippen LogP contribution in [0.15, 0.2) is 23.2 Å². The number of ether oxygens (including phenoxy) is 1. The van der Waals surface area contributed by atoms with E-state index in [1.54, 1.807) is 13.1 Å².